The molecule has 1 aliphatic heterocycles. The molecular weight excluding hydrogens is 262 g/mol. The summed E-state index contributed by atoms with van der Waals surface area (Å²) in [6.07, 6.45) is 2.53. The topological polar surface area (TPSA) is 92.6 Å². The zero-order valence-corrected chi connectivity index (χ0v) is 10.7. The zero-order valence-electron chi connectivity index (χ0n) is 10.7. The molecule has 1 saturated heterocycles. The Morgan fingerprint density at radius 3 is 2.35 bits per heavy atom. The molecule has 0 radical (unpaired) electrons. The molecule has 0 aromatic heterocycles. The van der Waals surface area contributed by atoms with Gasteiger partial charge in [0, 0.05) is 18.7 Å². The van der Waals surface area contributed by atoms with Gasteiger partial charge in [0.1, 0.15) is 0 Å². The van der Waals surface area contributed by atoms with E-state index in [1.807, 2.05) is 0 Å². The number of carbonyl (C=O) groups excluding carboxylic acids is 2. The van der Waals surface area contributed by atoms with E-state index in [9.17, 15) is 19.7 Å². The van der Waals surface area contributed by atoms with Crippen LogP contribution in [0.3, 0.4) is 0 Å². The van der Waals surface area contributed by atoms with Crippen molar-refractivity contribution in [3.05, 3.63) is 34.4 Å². The second-order valence-corrected chi connectivity index (χ2v) is 5.21. The summed E-state index contributed by atoms with van der Waals surface area (Å²) in [5.41, 5.74) is -0.184. The summed E-state index contributed by atoms with van der Waals surface area (Å²) >= 11 is 0. The molecule has 1 saturated carbocycles. The van der Waals surface area contributed by atoms with E-state index < -0.39 is 16.4 Å². The number of carbonyl (C=O) groups is 2. The molecule has 1 N–H and O–H groups in total. The van der Waals surface area contributed by atoms with Crippen molar-refractivity contribution in [1.29, 1.82) is 0 Å². The van der Waals surface area contributed by atoms with Crippen molar-refractivity contribution in [1.82, 2.24) is 5.32 Å². The summed E-state index contributed by atoms with van der Waals surface area (Å²) in [7, 11) is 0. The predicted molar refractivity (Wildman–Crippen MR) is 70.3 cm³/mol. The van der Waals surface area contributed by atoms with Crippen LogP contribution in [-0.4, -0.2) is 23.4 Å². The Hall–Kier alpha value is -2.44. The molecule has 7 nitrogen and oxygen atoms in total. The molecule has 104 valence electrons. The predicted octanol–water partition coefficient (Wildman–Crippen LogP) is 1.82. The van der Waals surface area contributed by atoms with Crippen molar-refractivity contribution in [3.8, 4) is 0 Å². The molecule has 1 aromatic carbocycles. The molecule has 1 aromatic rings. The first kappa shape index (κ1) is 12.6. The van der Waals surface area contributed by atoms with Crippen LogP contribution in [0.4, 0.5) is 16.2 Å². The van der Waals surface area contributed by atoms with Crippen LogP contribution >= 0.6 is 0 Å². The highest BCUT2D eigenvalue weighted by atomic mass is 16.6. The van der Waals surface area contributed by atoms with E-state index >= 15 is 0 Å². The molecule has 2 aliphatic rings. The SMILES string of the molecule is O=C1NCC2(CCC2)C(=O)N1c1ccc([N+](=O)[O-])cc1. The third-order valence-electron chi connectivity index (χ3n) is 4.07. The molecule has 0 bridgehead atoms. The molecular formula is C13H13N3O4. The van der Waals surface area contributed by atoms with E-state index in [-0.39, 0.29) is 11.6 Å². The fourth-order valence-corrected chi connectivity index (χ4v) is 2.68. The smallest absolute Gasteiger partial charge is 0.328 e. The molecule has 1 aliphatic carbocycles. The fraction of sp³-hybridized carbons (Fsp3) is 0.385. The lowest BCUT2D eigenvalue weighted by Gasteiger charge is -2.46. The quantitative estimate of drug-likeness (QED) is 0.658. The van der Waals surface area contributed by atoms with Gasteiger partial charge in [0.15, 0.2) is 0 Å². The van der Waals surface area contributed by atoms with Gasteiger partial charge in [-0.25, -0.2) is 9.69 Å². The third-order valence-corrected chi connectivity index (χ3v) is 4.07. The van der Waals surface area contributed by atoms with E-state index in [0.717, 1.165) is 24.2 Å². The lowest BCUT2D eigenvalue weighted by Crippen LogP contribution is -2.63. The maximum Gasteiger partial charge on any atom is 0.328 e. The van der Waals surface area contributed by atoms with Crippen molar-refractivity contribution >= 4 is 23.3 Å². The molecule has 0 unspecified atom stereocenters. The van der Waals surface area contributed by atoms with Gasteiger partial charge in [-0.1, -0.05) is 6.42 Å². The van der Waals surface area contributed by atoms with Gasteiger partial charge in [0.05, 0.1) is 16.0 Å². The van der Waals surface area contributed by atoms with E-state index in [1.54, 1.807) is 0 Å². The largest absolute Gasteiger partial charge is 0.336 e. The lowest BCUT2D eigenvalue weighted by molar-refractivity contribution is -0.384. The van der Waals surface area contributed by atoms with Crippen LogP contribution in [0, 0.1) is 15.5 Å². The average molecular weight is 275 g/mol. The summed E-state index contributed by atoms with van der Waals surface area (Å²) in [6.45, 7) is 0.383. The number of hydrogen-bond acceptors (Lipinski definition) is 4. The number of urea groups is 1. The van der Waals surface area contributed by atoms with E-state index in [1.165, 1.54) is 24.3 Å². The number of benzene rings is 1. The number of imide groups is 1. The Labute approximate surface area is 114 Å². The van der Waals surface area contributed by atoms with Crippen LogP contribution in [0.5, 0.6) is 0 Å². The molecule has 2 fully saturated rings. The maximum absolute atomic E-state index is 12.5. The minimum absolute atomic E-state index is 0.0722. The lowest BCUT2D eigenvalue weighted by atomic mass is 9.67. The first-order valence-corrected chi connectivity index (χ1v) is 6.40. The number of nitrogens with one attached hydrogen (secondary N) is 1. The number of anilines is 1. The Bertz CT molecular complexity index is 592. The monoisotopic (exact) mass is 275 g/mol. The molecule has 3 amide bonds. The Kier molecular flexibility index (Phi) is 2.70. The minimum Gasteiger partial charge on any atom is -0.336 e. The van der Waals surface area contributed by atoms with Crippen LogP contribution in [0.1, 0.15) is 19.3 Å². The number of nitrogens with zero attached hydrogens (tertiary/aromatic N) is 2. The van der Waals surface area contributed by atoms with Crippen molar-refractivity contribution in [2.24, 2.45) is 5.41 Å². The van der Waals surface area contributed by atoms with Gasteiger partial charge in [0.25, 0.3) is 5.69 Å². The van der Waals surface area contributed by atoms with Gasteiger partial charge in [-0.15, -0.1) is 0 Å². The van der Waals surface area contributed by atoms with Crippen LogP contribution in [0.15, 0.2) is 24.3 Å². The first-order chi connectivity index (χ1) is 9.53. The number of rotatable bonds is 2. The van der Waals surface area contributed by atoms with E-state index in [0.29, 0.717) is 12.2 Å². The summed E-state index contributed by atoms with van der Waals surface area (Å²) in [5.74, 6) is -0.207. The summed E-state index contributed by atoms with van der Waals surface area (Å²) in [4.78, 5) is 35.6. The van der Waals surface area contributed by atoms with Crippen molar-refractivity contribution in [3.63, 3.8) is 0 Å². The number of non-ortho nitro benzene ring substituents is 1. The van der Waals surface area contributed by atoms with Crippen LogP contribution in [-0.2, 0) is 4.79 Å². The van der Waals surface area contributed by atoms with Crippen molar-refractivity contribution in [2.45, 2.75) is 19.3 Å². The van der Waals surface area contributed by atoms with E-state index in [2.05, 4.69) is 5.32 Å². The number of nitro benzene ring substituents is 1. The highest BCUT2D eigenvalue weighted by Crippen LogP contribution is 2.44. The van der Waals surface area contributed by atoms with Gasteiger partial charge in [-0.2, -0.15) is 0 Å². The second-order valence-electron chi connectivity index (χ2n) is 5.21. The number of nitro groups is 1. The Morgan fingerprint density at radius 1 is 1.20 bits per heavy atom. The molecule has 3 rings (SSSR count). The maximum atomic E-state index is 12.5. The summed E-state index contributed by atoms with van der Waals surface area (Å²) < 4.78 is 0. The van der Waals surface area contributed by atoms with Crippen LogP contribution in [0.2, 0.25) is 0 Å². The highest BCUT2D eigenvalue weighted by Gasteiger charge is 2.51. The normalized spacial score (nSPS) is 20.5. The van der Waals surface area contributed by atoms with Crippen LogP contribution < -0.4 is 10.2 Å². The van der Waals surface area contributed by atoms with Gasteiger partial charge in [-0.3, -0.25) is 14.9 Å². The van der Waals surface area contributed by atoms with Crippen molar-refractivity contribution in [2.75, 3.05) is 11.4 Å². The average Bonchev–Trinajstić information content (AvgIpc) is 2.38. The summed E-state index contributed by atoms with van der Waals surface area (Å²) in [6, 6.07) is 4.96. The molecule has 1 heterocycles. The van der Waals surface area contributed by atoms with Crippen molar-refractivity contribution < 1.29 is 14.5 Å². The third kappa shape index (κ3) is 1.74. The molecule has 0 atom stereocenters. The van der Waals surface area contributed by atoms with Gasteiger partial charge in [0.2, 0.25) is 5.91 Å². The van der Waals surface area contributed by atoms with Gasteiger partial charge < -0.3 is 5.32 Å². The Balaban J connectivity index is 1.92. The number of amides is 3. The minimum atomic E-state index is -0.519. The Morgan fingerprint density at radius 2 is 1.85 bits per heavy atom. The standard InChI is InChI=1S/C13H13N3O4/c17-11-13(6-1-7-13)8-14-12(18)15(11)9-2-4-10(5-3-9)16(19)20/h2-5H,1,6-8H2,(H,14,18). The summed E-state index contributed by atoms with van der Waals surface area (Å²) in [5, 5.41) is 13.3. The molecule has 7 heteroatoms. The van der Waals surface area contributed by atoms with Crippen LogP contribution in [0.25, 0.3) is 0 Å². The number of hydrogen-bond donors (Lipinski definition) is 1. The molecule has 20 heavy (non-hydrogen) atoms. The van der Waals surface area contributed by atoms with E-state index in [4.69, 9.17) is 0 Å². The highest BCUT2D eigenvalue weighted by molar-refractivity contribution is 6.18. The first-order valence-electron chi connectivity index (χ1n) is 6.40. The van der Waals surface area contributed by atoms with Gasteiger partial charge in [-0.05, 0) is 25.0 Å². The zero-order chi connectivity index (χ0) is 14.3. The van der Waals surface area contributed by atoms with Gasteiger partial charge >= 0.3 is 6.03 Å². The second kappa shape index (κ2) is 4.29. The fourth-order valence-electron chi connectivity index (χ4n) is 2.68. The molecule has 1 spiro atoms.